The minimum Gasteiger partial charge on any atom is -0.393 e. The van der Waals surface area contributed by atoms with Gasteiger partial charge < -0.3 is 15.3 Å². The second kappa shape index (κ2) is 4.10. The highest BCUT2D eigenvalue weighted by atomic mass is 16.3. The molecule has 3 aliphatic rings. The van der Waals surface area contributed by atoms with Crippen LogP contribution in [0.15, 0.2) is 11.1 Å². The van der Waals surface area contributed by atoms with E-state index in [0.717, 1.165) is 44.3 Å². The fourth-order valence-electron chi connectivity index (χ4n) is 3.34. The van der Waals surface area contributed by atoms with Crippen molar-refractivity contribution in [2.45, 2.75) is 50.8 Å². The van der Waals surface area contributed by atoms with Crippen molar-refractivity contribution in [3.63, 3.8) is 0 Å². The number of fused-ring (bicyclic) bond motifs is 2. The SMILES string of the molecule is CC(C(=O)N1C2CCC1CC(O)C2)=C1CNC1. The van der Waals surface area contributed by atoms with Crippen LogP contribution >= 0.6 is 0 Å². The average molecular weight is 236 g/mol. The summed E-state index contributed by atoms with van der Waals surface area (Å²) in [6.07, 6.45) is 3.46. The lowest BCUT2D eigenvalue weighted by Crippen LogP contribution is -2.49. The summed E-state index contributed by atoms with van der Waals surface area (Å²) in [4.78, 5) is 14.5. The van der Waals surface area contributed by atoms with E-state index >= 15 is 0 Å². The van der Waals surface area contributed by atoms with Crippen molar-refractivity contribution in [1.29, 1.82) is 0 Å². The van der Waals surface area contributed by atoms with Crippen LogP contribution in [0.5, 0.6) is 0 Å². The molecule has 0 aromatic rings. The molecule has 4 heteroatoms. The summed E-state index contributed by atoms with van der Waals surface area (Å²) in [6.45, 7) is 3.68. The Bertz CT molecular complexity index is 358. The second-order valence-corrected chi connectivity index (χ2v) is 5.55. The van der Waals surface area contributed by atoms with E-state index in [1.807, 2.05) is 11.8 Å². The van der Waals surface area contributed by atoms with Gasteiger partial charge in [-0.25, -0.2) is 0 Å². The molecule has 2 N–H and O–H groups in total. The molecule has 0 aromatic heterocycles. The Morgan fingerprint density at radius 1 is 1.29 bits per heavy atom. The monoisotopic (exact) mass is 236 g/mol. The van der Waals surface area contributed by atoms with E-state index in [1.165, 1.54) is 5.57 Å². The first kappa shape index (κ1) is 11.2. The summed E-state index contributed by atoms with van der Waals surface area (Å²) >= 11 is 0. The Labute approximate surface area is 102 Å². The minimum absolute atomic E-state index is 0.199. The molecule has 2 bridgehead atoms. The Hall–Kier alpha value is -0.870. The van der Waals surface area contributed by atoms with Gasteiger partial charge in [-0.3, -0.25) is 4.79 Å². The Morgan fingerprint density at radius 3 is 2.35 bits per heavy atom. The number of amides is 1. The number of carbonyl (C=O) groups is 1. The molecule has 17 heavy (non-hydrogen) atoms. The average Bonchev–Trinajstić information content (AvgIpc) is 2.47. The number of hydrogen-bond donors (Lipinski definition) is 2. The van der Waals surface area contributed by atoms with Crippen LogP contribution in [-0.4, -0.2) is 47.2 Å². The van der Waals surface area contributed by atoms with Gasteiger partial charge in [0.15, 0.2) is 0 Å². The van der Waals surface area contributed by atoms with Gasteiger partial charge in [0.25, 0.3) is 0 Å². The van der Waals surface area contributed by atoms with Crippen LogP contribution in [-0.2, 0) is 4.79 Å². The molecular weight excluding hydrogens is 216 g/mol. The van der Waals surface area contributed by atoms with Gasteiger partial charge in [-0.2, -0.15) is 0 Å². The lowest BCUT2D eigenvalue weighted by atomic mass is 9.97. The van der Waals surface area contributed by atoms with E-state index in [1.54, 1.807) is 0 Å². The topological polar surface area (TPSA) is 52.6 Å². The smallest absolute Gasteiger partial charge is 0.250 e. The van der Waals surface area contributed by atoms with E-state index in [4.69, 9.17) is 0 Å². The normalized spacial score (nSPS) is 35.8. The predicted molar refractivity (Wildman–Crippen MR) is 64.5 cm³/mol. The van der Waals surface area contributed by atoms with Crippen molar-refractivity contribution >= 4 is 5.91 Å². The number of aliphatic hydroxyl groups excluding tert-OH is 1. The number of nitrogens with zero attached hydrogens (tertiary/aromatic N) is 1. The van der Waals surface area contributed by atoms with Crippen LogP contribution in [0.2, 0.25) is 0 Å². The van der Waals surface area contributed by atoms with E-state index < -0.39 is 0 Å². The van der Waals surface area contributed by atoms with Gasteiger partial charge in [0.05, 0.1) is 6.10 Å². The van der Waals surface area contributed by atoms with Crippen LogP contribution in [0, 0.1) is 0 Å². The quantitative estimate of drug-likeness (QED) is 0.649. The van der Waals surface area contributed by atoms with Gasteiger partial charge in [-0.15, -0.1) is 0 Å². The highest BCUT2D eigenvalue weighted by Gasteiger charge is 2.43. The zero-order valence-electron chi connectivity index (χ0n) is 10.3. The molecule has 3 fully saturated rings. The molecule has 3 saturated heterocycles. The lowest BCUT2D eigenvalue weighted by Gasteiger charge is -2.38. The molecular formula is C13H20N2O2. The maximum atomic E-state index is 12.5. The third kappa shape index (κ3) is 1.79. The molecule has 0 spiro atoms. The largest absolute Gasteiger partial charge is 0.393 e. The summed E-state index contributed by atoms with van der Waals surface area (Å²) < 4.78 is 0. The van der Waals surface area contributed by atoms with E-state index in [0.29, 0.717) is 0 Å². The second-order valence-electron chi connectivity index (χ2n) is 5.55. The number of piperidine rings is 1. The molecule has 4 nitrogen and oxygen atoms in total. The highest BCUT2D eigenvalue weighted by molar-refractivity contribution is 5.94. The first-order valence-electron chi connectivity index (χ1n) is 6.57. The maximum Gasteiger partial charge on any atom is 0.250 e. The molecule has 3 aliphatic heterocycles. The maximum absolute atomic E-state index is 12.5. The molecule has 94 valence electrons. The van der Waals surface area contributed by atoms with Crippen LogP contribution in [0.3, 0.4) is 0 Å². The zero-order chi connectivity index (χ0) is 12.0. The first-order chi connectivity index (χ1) is 8.16. The molecule has 0 saturated carbocycles. The Balaban J connectivity index is 1.79. The molecule has 3 rings (SSSR count). The fraction of sp³-hybridized carbons (Fsp3) is 0.769. The molecule has 2 atom stereocenters. The summed E-state index contributed by atoms with van der Waals surface area (Å²) in [5.41, 5.74) is 2.18. The predicted octanol–water partition coefficient (Wildman–Crippen LogP) is 0.420. The van der Waals surface area contributed by atoms with Crippen molar-refractivity contribution in [2.24, 2.45) is 0 Å². The van der Waals surface area contributed by atoms with Gasteiger partial charge in [0, 0.05) is 30.7 Å². The van der Waals surface area contributed by atoms with Crippen molar-refractivity contribution in [3.8, 4) is 0 Å². The number of hydrogen-bond acceptors (Lipinski definition) is 3. The highest BCUT2D eigenvalue weighted by Crippen LogP contribution is 2.36. The number of aliphatic hydroxyl groups is 1. The van der Waals surface area contributed by atoms with Gasteiger partial charge in [0.2, 0.25) is 5.91 Å². The number of rotatable bonds is 1. The molecule has 0 aliphatic carbocycles. The number of carbonyl (C=O) groups excluding carboxylic acids is 1. The Morgan fingerprint density at radius 2 is 1.88 bits per heavy atom. The number of nitrogens with one attached hydrogen (secondary N) is 1. The third-order valence-corrected chi connectivity index (χ3v) is 4.47. The first-order valence-corrected chi connectivity index (χ1v) is 6.57. The Kier molecular flexibility index (Phi) is 2.71. The van der Waals surface area contributed by atoms with Crippen molar-refractivity contribution in [3.05, 3.63) is 11.1 Å². The molecule has 1 amide bonds. The van der Waals surface area contributed by atoms with Crippen molar-refractivity contribution < 1.29 is 9.90 Å². The molecule has 3 heterocycles. The minimum atomic E-state index is -0.199. The third-order valence-electron chi connectivity index (χ3n) is 4.47. The van der Waals surface area contributed by atoms with Crippen LogP contribution in [0.25, 0.3) is 0 Å². The van der Waals surface area contributed by atoms with Gasteiger partial charge in [0.1, 0.15) is 0 Å². The summed E-state index contributed by atoms with van der Waals surface area (Å²) in [5, 5.41) is 12.9. The van der Waals surface area contributed by atoms with Crippen molar-refractivity contribution in [2.75, 3.05) is 13.1 Å². The van der Waals surface area contributed by atoms with Gasteiger partial charge in [-0.1, -0.05) is 0 Å². The van der Waals surface area contributed by atoms with E-state index in [9.17, 15) is 9.90 Å². The molecule has 2 unspecified atom stereocenters. The van der Waals surface area contributed by atoms with E-state index in [2.05, 4.69) is 5.32 Å². The van der Waals surface area contributed by atoms with Crippen molar-refractivity contribution in [1.82, 2.24) is 10.2 Å². The van der Waals surface area contributed by atoms with Gasteiger partial charge >= 0.3 is 0 Å². The lowest BCUT2D eigenvalue weighted by molar-refractivity contribution is -0.133. The van der Waals surface area contributed by atoms with Crippen LogP contribution in [0.1, 0.15) is 32.6 Å². The van der Waals surface area contributed by atoms with E-state index in [-0.39, 0.29) is 24.1 Å². The zero-order valence-corrected chi connectivity index (χ0v) is 10.3. The molecule has 0 radical (unpaired) electrons. The summed E-state index contributed by atoms with van der Waals surface area (Å²) in [5.74, 6) is 0.209. The summed E-state index contributed by atoms with van der Waals surface area (Å²) in [7, 11) is 0. The van der Waals surface area contributed by atoms with Crippen LogP contribution < -0.4 is 5.32 Å². The van der Waals surface area contributed by atoms with Gasteiger partial charge in [-0.05, 0) is 38.2 Å². The molecule has 0 aromatic carbocycles. The standard InChI is InChI=1S/C13H20N2O2/c1-8(9-6-14-7-9)13(17)15-10-2-3-11(15)5-12(16)4-10/h10-12,14,16H,2-7H2,1H3. The summed E-state index contributed by atoms with van der Waals surface area (Å²) in [6, 6.07) is 0.555. The fourth-order valence-corrected chi connectivity index (χ4v) is 3.34. The van der Waals surface area contributed by atoms with Crippen LogP contribution in [0.4, 0.5) is 0 Å².